The van der Waals surface area contributed by atoms with Crippen molar-refractivity contribution in [1.82, 2.24) is 5.16 Å². The zero-order chi connectivity index (χ0) is 16.4. The Morgan fingerprint density at radius 1 is 1.04 bits per heavy atom. The van der Waals surface area contributed by atoms with Gasteiger partial charge in [0.05, 0.1) is 0 Å². The summed E-state index contributed by atoms with van der Waals surface area (Å²) in [6, 6.07) is 16.9. The lowest BCUT2D eigenvalue weighted by Crippen LogP contribution is -2.21. The van der Waals surface area contributed by atoms with E-state index in [9.17, 15) is 8.76 Å². The van der Waals surface area contributed by atoms with Crippen LogP contribution in [0.25, 0.3) is 11.1 Å². The van der Waals surface area contributed by atoms with Gasteiger partial charge in [0, 0.05) is 11.6 Å². The molecule has 0 aliphatic heterocycles. The highest BCUT2D eigenvalue weighted by atomic mass is 32.3. The first-order valence-electron chi connectivity index (χ1n) is 7.09. The monoisotopic (exact) mass is 329 g/mol. The second-order valence-electron chi connectivity index (χ2n) is 5.30. The molecule has 5 nitrogen and oxygen atoms in total. The normalized spacial score (nSPS) is 13.5. The molecule has 1 unspecified atom stereocenters. The van der Waals surface area contributed by atoms with Crippen LogP contribution in [0.4, 0.5) is 5.82 Å². The largest absolute Gasteiger partial charge is 0.359 e. The van der Waals surface area contributed by atoms with Crippen LogP contribution in [-0.2, 0) is 14.6 Å². The number of anilines is 1. The van der Waals surface area contributed by atoms with Crippen LogP contribution in [-0.4, -0.2) is 9.71 Å². The summed E-state index contributed by atoms with van der Waals surface area (Å²) < 4.78 is 30.4. The molecule has 0 bridgehead atoms. The van der Waals surface area contributed by atoms with Gasteiger partial charge in [-0.1, -0.05) is 35.5 Å². The summed E-state index contributed by atoms with van der Waals surface area (Å²) in [5, 5.41) is 3.70. The van der Waals surface area contributed by atoms with E-state index in [0.29, 0.717) is 10.7 Å². The quantitative estimate of drug-likeness (QED) is 0.699. The van der Waals surface area contributed by atoms with Gasteiger partial charge in [-0.25, -0.2) is 0 Å². The van der Waals surface area contributed by atoms with Crippen LogP contribution >= 0.6 is 0 Å². The average Bonchev–Trinajstić information content (AvgIpc) is 2.92. The lowest BCUT2D eigenvalue weighted by Gasteiger charge is -2.08. The fourth-order valence-electron chi connectivity index (χ4n) is 2.38. The molecule has 2 N–H and O–H groups in total. The number of aromatic nitrogens is 1. The Balaban J connectivity index is 1.92. The lowest BCUT2D eigenvalue weighted by molar-refractivity contribution is 0.400. The molecule has 0 radical (unpaired) electrons. The van der Waals surface area contributed by atoms with Crippen molar-refractivity contribution in [3.8, 4) is 11.1 Å². The average molecular weight is 329 g/mol. The second kappa shape index (κ2) is 5.98. The van der Waals surface area contributed by atoms with E-state index < -0.39 is 10.4 Å². The zero-order valence-electron chi connectivity index (χ0n) is 12.8. The molecule has 0 spiro atoms. The molecule has 3 aromatic rings. The summed E-state index contributed by atoms with van der Waals surface area (Å²) >= 11 is 0. The van der Waals surface area contributed by atoms with Crippen molar-refractivity contribution in [3.63, 3.8) is 0 Å². The van der Waals surface area contributed by atoms with Crippen molar-refractivity contribution >= 4 is 16.2 Å². The third kappa shape index (κ3) is 3.33. The molecule has 0 saturated heterocycles. The number of nitrogens with zero attached hydrogens (tertiary/aromatic N) is 1. The highest BCUT2D eigenvalue weighted by molar-refractivity contribution is 7.99. The number of rotatable bonds is 4. The van der Waals surface area contributed by atoms with Crippen molar-refractivity contribution in [3.05, 3.63) is 65.9 Å². The molecule has 6 heteroatoms. The van der Waals surface area contributed by atoms with E-state index in [1.54, 1.807) is 19.1 Å². The number of benzene rings is 2. The molecule has 0 fully saturated rings. The van der Waals surface area contributed by atoms with E-state index in [4.69, 9.17) is 4.52 Å². The highest BCUT2D eigenvalue weighted by Crippen LogP contribution is 2.28. The van der Waals surface area contributed by atoms with Gasteiger partial charge in [-0.15, -0.1) is 0 Å². The van der Waals surface area contributed by atoms with Crippen LogP contribution in [0.15, 0.2) is 64.0 Å². The van der Waals surface area contributed by atoms with Crippen LogP contribution in [0, 0.1) is 13.8 Å². The van der Waals surface area contributed by atoms with E-state index in [-0.39, 0.29) is 5.82 Å². The minimum absolute atomic E-state index is 0.238. The Hall–Kier alpha value is -2.44. The summed E-state index contributed by atoms with van der Waals surface area (Å²) in [6.07, 6.45) is 0. The summed E-state index contributed by atoms with van der Waals surface area (Å²) in [7, 11) is -3.45. The van der Waals surface area contributed by atoms with Crippen molar-refractivity contribution in [2.75, 3.05) is 4.72 Å². The Kier molecular flexibility index (Phi) is 4.02. The molecule has 1 aromatic heterocycles. The SMILES string of the molecule is Cc1cc(N[S+](=O)(O)c2ccc(-c3ccccc3)cc2C)no1. The van der Waals surface area contributed by atoms with E-state index in [2.05, 4.69) is 9.88 Å². The lowest BCUT2D eigenvalue weighted by atomic mass is 10.0. The minimum atomic E-state index is -3.45. The van der Waals surface area contributed by atoms with Crippen LogP contribution in [0.2, 0.25) is 0 Å². The summed E-state index contributed by atoms with van der Waals surface area (Å²) in [4.78, 5) is 0.331. The molecule has 1 heterocycles. The van der Waals surface area contributed by atoms with Crippen molar-refractivity contribution in [1.29, 1.82) is 0 Å². The second-order valence-corrected chi connectivity index (χ2v) is 6.99. The molecule has 1 atom stereocenters. The first kappa shape index (κ1) is 15.5. The predicted octanol–water partition coefficient (Wildman–Crippen LogP) is 4.32. The van der Waals surface area contributed by atoms with E-state index in [1.165, 1.54) is 0 Å². The maximum absolute atomic E-state index is 12.6. The number of nitrogens with one attached hydrogen (secondary N) is 1. The van der Waals surface area contributed by atoms with Crippen molar-refractivity contribution < 1.29 is 13.3 Å². The van der Waals surface area contributed by atoms with Crippen LogP contribution < -0.4 is 4.72 Å². The molecular weight excluding hydrogens is 312 g/mol. The third-order valence-electron chi connectivity index (χ3n) is 3.45. The van der Waals surface area contributed by atoms with Gasteiger partial charge in [-0.3, -0.25) is 0 Å². The van der Waals surface area contributed by atoms with Gasteiger partial charge >= 0.3 is 10.4 Å². The van der Waals surface area contributed by atoms with Gasteiger partial charge in [0.2, 0.25) is 10.7 Å². The van der Waals surface area contributed by atoms with E-state index >= 15 is 0 Å². The Morgan fingerprint density at radius 2 is 1.78 bits per heavy atom. The topological polar surface area (TPSA) is 75.4 Å². The first-order valence-corrected chi connectivity index (χ1v) is 8.61. The first-order chi connectivity index (χ1) is 11.0. The maximum Gasteiger partial charge on any atom is 0.347 e. The molecule has 118 valence electrons. The van der Waals surface area contributed by atoms with E-state index in [0.717, 1.165) is 16.7 Å². The minimum Gasteiger partial charge on any atom is -0.359 e. The molecule has 0 saturated carbocycles. The molecule has 3 rings (SSSR count). The molecule has 0 amide bonds. The van der Waals surface area contributed by atoms with Gasteiger partial charge in [0.1, 0.15) is 5.76 Å². The van der Waals surface area contributed by atoms with E-state index in [1.807, 2.05) is 49.4 Å². The Labute approximate surface area is 135 Å². The number of aryl methyl sites for hydroxylation is 2. The van der Waals surface area contributed by atoms with Gasteiger partial charge in [0.25, 0.3) is 0 Å². The summed E-state index contributed by atoms with van der Waals surface area (Å²) in [6.45, 7) is 3.53. The maximum atomic E-state index is 12.6. The fourth-order valence-corrected chi connectivity index (χ4v) is 3.62. The van der Waals surface area contributed by atoms with Gasteiger partial charge in [0.15, 0.2) is 0 Å². The predicted molar refractivity (Wildman–Crippen MR) is 90.4 cm³/mol. The van der Waals surface area contributed by atoms with Crippen LogP contribution in [0.5, 0.6) is 0 Å². The molecule has 23 heavy (non-hydrogen) atoms. The van der Waals surface area contributed by atoms with Gasteiger partial charge in [-0.05, 0) is 47.4 Å². The number of hydrogen-bond acceptors (Lipinski definition) is 3. The fraction of sp³-hybridized carbons (Fsp3) is 0.118. The number of hydrogen-bond donors (Lipinski definition) is 2. The summed E-state index contributed by atoms with van der Waals surface area (Å²) in [5.74, 6) is 0.806. The third-order valence-corrected chi connectivity index (χ3v) is 4.99. The summed E-state index contributed by atoms with van der Waals surface area (Å²) in [5.41, 5.74) is 2.79. The molecule has 0 aliphatic carbocycles. The zero-order valence-corrected chi connectivity index (χ0v) is 13.6. The Bertz CT molecular complexity index is 875. The highest BCUT2D eigenvalue weighted by Gasteiger charge is 2.32. The Morgan fingerprint density at radius 3 is 2.39 bits per heavy atom. The molecule has 2 aromatic carbocycles. The molecular formula is C17H17N2O3S+. The van der Waals surface area contributed by atoms with Crippen LogP contribution in [0.3, 0.4) is 0 Å². The van der Waals surface area contributed by atoms with Gasteiger partial charge < -0.3 is 4.52 Å². The smallest absolute Gasteiger partial charge is 0.347 e. The van der Waals surface area contributed by atoms with Crippen LogP contribution in [0.1, 0.15) is 11.3 Å². The van der Waals surface area contributed by atoms with Gasteiger partial charge in [-0.2, -0.15) is 9.27 Å². The van der Waals surface area contributed by atoms with Crippen molar-refractivity contribution in [2.45, 2.75) is 18.7 Å². The standard InChI is InChI=1S/C17H16N2O3S/c1-12-10-15(14-6-4-3-5-7-14)8-9-16(12)23(20,21)19-17-11-13(2)22-18-17/h3-11H,1-2H3,(H-,18,19,20,21)/p+1. The van der Waals surface area contributed by atoms with Crippen molar-refractivity contribution in [2.24, 2.45) is 0 Å². The molecule has 0 aliphatic rings.